The highest BCUT2D eigenvalue weighted by atomic mass is 127. The van der Waals surface area contributed by atoms with Crippen LogP contribution < -0.4 is 16.0 Å². The number of nitrogens with one attached hydrogen (secondary N) is 3. The smallest absolute Gasteiger partial charge is 0.221 e. The molecule has 0 aliphatic heterocycles. The number of aliphatic hydroxyl groups is 1. The van der Waals surface area contributed by atoms with E-state index in [1.807, 2.05) is 13.8 Å². The molecule has 1 amide bonds. The summed E-state index contributed by atoms with van der Waals surface area (Å²) < 4.78 is 0. The van der Waals surface area contributed by atoms with Gasteiger partial charge in [-0.2, -0.15) is 0 Å². The summed E-state index contributed by atoms with van der Waals surface area (Å²) >= 11 is 11.9. The third-order valence-corrected chi connectivity index (χ3v) is 3.69. The number of rotatable bonds is 9. The fourth-order valence-corrected chi connectivity index (χ4v) is 2.58. The number of halogens is 3. The summed E-state index contributed by atoms with van der Waals surface area (Å²) in [6.45, 7) is 5.91. The number of benzene rings is 1. The van der Waals surface area contributed by atoms with Crippen LogP contribution in [0.2, 0.25) is 10.0 Å². The van der Waals surface area contributed by atoms with Crippen LogP contribution in [0.25, 0.3) is 0 Å². The number of aliphatic imine (C=N–C) groups is 1. The maximum absolute atomic E-state index is 11.6. The molecule has 1 rings (SSSR count). The lowest BCUT2D eigenvalue weighted by Gasteiger charge is -2.14. The van der Waals surface area contributed by atoms with Crippen molar-refractivity contribution in [1.29, 1.82) is 0 Å². The van der Waals surface area contributed by atoms with E-state index >= 15 is 0 Å². The number of aliphatic hydroxyl groups excluding tert-OH is 1. The Labute approximate surface area is 182 Å². The van der Waals surface area contributed by atoms with E-state index in [1.165, 1.54) is 0 Å². The Morgan fingerprint density at radius 3 is 2.35 bits per heavy atom. The number of hydrogen-bond donors (Lipinski definition) is 4. The maximum Gasteiger partial charge on any atom is 0.221 e. The zero-order chi connectivity index (χ0) is 18.7. The molecule has 4 N–H and O–H groups in total. The van der Waals surface area contributed by atoms with Crippen molar-refractivity contribution in [2.45, 2.75) is 32.8 Å². The van der Waals surface area contributed by atoms with Crippen molar-refractivity contribution in [3.8, 4) is 0 Å². The standard InChI is InChI=1S/C17H26Cl2N4O2.HI/c1-3-6-21-16(25)5-7-22-17(20-4-2)23-11-15(24)12-8-13(18)10-14(19)9-12;/h8-10,15,24H,3-7,11H2,1-2H3,(H,21,25)(H2,20,22,23);1H. The minimum absolute atomic E-state index is 0. The first-order valence-corrected chi connectivity index (χ1v) is 9.14. The Hall–Kier alpha value is -0.770. The zero-order valence-corrected chi connectivity index (χ0v) is 18.9. The van der Waals surface area contributed by atoms with Crippen molar-refractivity contribution in [3.05, 3.63) is 33.8 Å². The van der Waals surface area contributed by atoms with Gasteiger partial charge in [-0.25, -0.2) is 0 Å². The topological polar surface area (TPSA) is 85.8 Å². The largest absolute Gasteiger partial charge is 0.386 e. The highest BCUT2D eigenvalue weighted by Crippen LogP contribution is 2.23. The molecule has 0 spiro atoms. The quantitative estimate of drug-likeness (QED) is 0.231. The van der Waals surface area contributed by atoms with E-state index < -0.39 is 6.10 Å². The van der Waals surface area contributed by atoms with Gasteiger partial charge in [0.15, 0.2) is 5.96 Å². The molecule has 1 aromatic carbocycles. The molecule has 0 heterocycles. The van der Waals surface area contributed by atoms with Gasteiger partial charge in [0.25, 0.3) is 0 Å². The van der Waals surface area contributed by atoms with Gasteiger partial charge in [-0.15, -0.1) is 24.0 Å². The molecule has 0 fully saturated rings. The first-order valence-electron chi connectivity index (χ1n) is 8.39. The maximum atomic E-state index is 11.6. The van der Waals surface area contributed by atoms with Gasteiger partial charge in [0.1, 0.15) is 0 Å². The second-order valence-corrected chi connectivity index (χ2v) is 6.34. The van der Waals surface area contributed by atoms with E-state index in [-0.39, 0.29) is 36.4 Å². The van der Waals surface area contributed by atoms with Crippen LogP contribution in [-0.2, 0) is 4.79 Å². The van der Waals surface area contributed by atoms with E-state index in [0.29, 0.717) is 47.6 Å². The van der Waals surface area contributed by atoms with Gasteiger partial charge in [-0.1, -0.05) is 30.1 Å². The number of guanidine groups is 1. The van der Waals surface area contributed by atoms with Gasteiger partial charge >= 0.3 is 0 Å². The summed E-state index contributed by atoms with van der Waals surface area (Å²) in [7, 11) is 0. The Bertz CT molecular complexity index is 568. The van der Waals surface area contributed by atoms with Gasteiger partial charge in [0, 0.05) is 36.1 Å². The molecule has 0 saturated carbocycles. The molecule has 26 heavy (non-hydrogen) atoms. The lowest BCUT2D eigenvalue weighted by atomic mass is 10.1. The Kier molecular flexibility index (Phi) is 13.9. The van der Waals surface area contributed by atoms with Crippen LogP contribution in [0.3, 0.4) is 0 Å². The Morgan fingerprint density at radius 2 is 1.77 bits per heavy atom. The average Bonchev–Trinajstić information content (AvgIpc) is 2.56. The molecule has 0 bridgehead atoms. The SMILES string of the molecule is CCCNC(=O)CCNC(=NCC(O)c1cc(Cl)cc(Cl)c1)NCC.I. The normalized spacial score (nSPS) is 12.1. The van der Waals surface area contributed by atoms with Crippen LogP contribution in [-0.4, -0.2) is 43.2 Å². The van der Waals surface area contributed by atoms with E-state index in [0.717, 1.165) is 6.42 Å². The minimum atomic E-state index is -0.820. The second-order valence-electron chi connectivity index (χ2n) is 5.46. The molecule has 1 aromatic rings. The fourth-order valence-electron chi connectivity index (χ4n) is 2.04. The molecule has 0 aromatic heterocycles. The molecule has 9 heteroatoms. The van der Waals surface area contributed by atoms with Gasteiger partial charge in [0.05, 0.1) is 12.6 Å². The highest BCUT2D eigenvalue weighted by Gasteiger charge is 2.10. The van der Waals surface area contributed by atoms with Crippen LogP contribution in [0.5, 0.6) is 0 Å². The molecule has 0 aliphatic rings. The lowest BCUT2D eigenvalue weighted by Crippen LogP contribution is -2.39. The fraction of sp³-hybridized carbons (Fsp3) is 0.529. The summed E-state index contributed by atoms with van der Waals surface area (Å²) in [5, 5.41) is 20.1. The minimum Gasteiger partial charge on any atom is -0.386 e. The Morgan fingerprint density at radius 1 is 1.12 bits per heavy atom. The van der Waals surface area contributed by atoms with Crippen molar-refractivity contribution in [3.63, 3.8) is 0 Å². The molecule has 0 aliphatic carbocycles. The van der Waals surface area contributed by atoms with E-state index in [9.17, 15) is 9.90 Å². The highest BCUT2D eigenvalue weighted by molar-refractivity contribution is 14.0. The number of hydrogen-bond acceptors (Lipinski definition) is 3. The van der Waals surface area contributed by atoms with E-state index in [1.54, 1.807) is 18.2 Å². The number of nitrogens with zero attached hydrogens (tertiary/aromatic N) is 1. The summed E-state index contributed by atoms with van der Waals surface area (Å²) in [5.74, 6) is 0.539. The molecule has 1 unspecified atom stereocenters. The average molecular weight is 517 g/mol. The van der Waals surface area contributed by atoms with Gasteiger partial charge in [-0.05, 0) is 37.1 Å². The molecular formula is C17H27Cl2IN4O2. The first kappa shape index (κ1) is 25.2. The van der Waals surface area contributed by atoms with Crippen LogP contribution >= 0.6 is 47.2 Å². The lowest BCUT2D eigenvalue weighted by molar-refractivity contribution is -0.120. The number of amides is 1. The molecule has 148 valence electrons. The van der Waals surface area contributed by atoms with Crippen molar-refractivity contribution >= 4 is 59.0 Å². The number of carbonyl (C=O) groups is 1. The van der Waals surface area contributed by atoms with E-state index in [2.05, 4.69) is 20.9 Å². The monoisotopic (exact) mass is 516 g/mol. The summed E-state index contributed by atoms with van der Waals surface area (Å²) in [4.78, 5) is 15.9. The van der Waals surface area contributed by atoms with Crippen LogP contribution in [0.15, 0.2) is 23.2 Å². The second kappa shape index (κ2) is 14.3. The van der Waals surface area contributed by atoms with Crippen LogP contribution in [0.4, 0.5) is 0 Å². The van der Waals surface area contributed by atoms with Crippen molar-refractivity contribution < 1.29 is 9.90 Å². The van der Waals surface area contributed by atoms with Gasteiger partial charge in [-0.3, -0.25) is 9.79 Å². The first-order chi connectivity index (χ1) is 12.0. The van der Waals surface area contributed by atoms with Crippen LogP contribution in [0, 0.1) is 0 Å². The van der Waals surface area contributed by atoms with Crippen molar-refractivity contribution in [2.75, 3.05) is 26.2 Å². The Balaban J connectivity index is 0.00000625. The third kappa shape index (κ3) is 10.4. The summed E-state index contributed by atoms with van der Waals surface area (Å²) in [6.07, 6.45) is 0.449. The molecule has 1 atom stereocenters. The van der Waals surface area contributed by atoms with Crippen LogP contribution in [0.1, 0.15) is 38.4 Å². The summed E-state index contributed by atoms with van der Waals surface area (Å²) in [6, 6.07) is 4.93. The zero-order valence-electron chi connectivity index (χ0n) is 15.0. The van der Waals surface area contributed by atoms with Crippen molar-refractivity contribution in [1.82, 2.24) is 16.0 Å². The van der Waals surface area contributed by atoms with E-state index in [4.69, 9.17) is 23.2 Å². The predicted octanol–water partition coefficient (Wildman–Crippen LogP) is 3.12. The molecule has 0 radical (unpaired) electrons. The molecule has 6 nitrogen and oxygen atoms in total. The third-order valence-electron chi connectivity index (χ3n) is 3.25. The number of carbonyl (C=O) groups excluding carboxylic acids is 1. The molecule has 0 saturated heterocycles. The van der Waals surface area contributed by atoms with Gasteiger partial charge < -0.3 is 21.1 Å². The summed E-state index contributed by atoms with van der Waals surface area (Å²) in [5.41, 5.74) is 0.607. The van der Waals surface area contributed by atoms with Gasteiger partial charge in [0.2, 0.25) is 5.91 Å². The van der Waals surface area contributed by atoms with Crippen molar-refractivity contribution in [2.24, 2.45) is 4.99 Å². The molecular weight excluding hydrogens is 490 g/mol. The predicted molar refractivity (Wildman–Crippen MR) is 119 cm³/mol.